The van der Waals surface area contributed by atoms with E-state index in [-0.39, 0.29) is 35.4 Å². The predicted molar refractivity (Wildman–Crippen MR) is 106 cm³/mol. The van der Waals surface area contributed by atoms with Gasteiger partial charge < -0.3 is 10.6 Å². The molecule has 6 nitrogen and oxygen atoms in total. The summed E-state index contributed by atoms with van der Waals surface area (Å²) in [5.41, 5.74) is 1.03. The first kappa shape index (κ1) is 22.1. The smallest absolute Gasteiger partial charge is 0.240 e. The summed E-state index contributed by atoms with van der Waals surface area (Å²) in [7, 11) is -1.77. The monoisotopic (exact) mass is 454 g/mol. The van der Waals surface area contributed by atoms with Gasteiger partial charge in [0.25, 0.3) is 0 Å². The van der Waals surface area contributed by atoms with Crippen molar-refractivity contribution >= 4 is 40.0 Å². The molecule has 132 valence electrons. The highest BCUT2D eigenvalue weighted by molar-refractivity contribution is 14.0. The molecular formula is C15H27IN4O2S. The molecule has 0 aliphatic rings. The fraction of sp³-hybridized carbons (Fsp3) is 0.533. The first-order valence-corrected chi connectivity index (χ1v) is 8.91. The van der Waals surface area contributed by atoms with Crippen LogP contribution in [-0.4, -0.2) is 40.6 Å². The highest BCUT2D eigenvalue weighted by Gasteiger charge is 2.12. The fourth-order valence-corrected chi connectivity index (χ4v) is 2.73. The molecule has 0 amide bonds. The summed E-state index contributed by atoms with van der Waals surface area (Å²) in [6.07, 6.45) is 0.987. The Morgan fingerprint density at radius 1 is 1.22 bits per heavy atom. The van der Waals surface area contributed by atoms with Crippen LogP contribution >= 0.6 is 24.0 Å². The Kier molecular flexibility index (Phi) is 10.4. The first-order valence-electron chi connectivity index (χ1n) is 7.42. The summed E-state index contributed by atoms with van der Waals surface area (Å²) in [6.45, 7) is 6.82. The second-order valence-electron chi connectivity index (χ2n) is 5.16. The summed E-state index contributed by atoms with van der Waals surface area (Å²) in [5, 5.41) is 6.29. The molecule has 0 saturated heterocycles. The van der Waals surface area contributed by atoms with Gasteiger partial charge in [-0.05, 0) is 32.4 Å². The van der Waals surface area contributed by atoms with E-state index in [1.54, 1.807) is 31.3 Å². The minimum Gasteiger partial charge on any atom is -0.355 e. The highest BCUT2D eigenvalue weighted by atomic mass is 127. The molecule has 8 heteroatoms. The number of nitrogens with zero attached hydrogens (tertiary/aromatic N) is 1. The number of rotatable bonds is 7. The summed E-state index contributed by atoms with van der Waals surface area (Å²) in [5.74, 6) is 0.670. The Bertz CT molecular complexity index is 588. The lowest BCUT2D eigenvalue weighted by atomic mass is 10.2. The maximum Gasteiger partial charge on any atom is 0.240 e. The van der Waals surface area contributed by atoms with Crippen molar-refractivity contribution in [3.63, 3.8) is 0 Å². The molecule has 0 spiro atoms. The number of aliphatic imine (C=N–C) groups is 1. The Morgan fingerprint density at radius 3 is 2.35 bits per heavy atom. The number of sulfonamides is 1. The number of hydrogen-bond donors (Lipinski definition) is 3. The zero-order valence-corrected chi connectivity index (χ0v) is 17.2. The lowest BCUT2D eigenvalue weighted by molar-refractivity contribution is 0.579. The Hall–Kier alpha value is -0.870. The van der Waals surface area contributed by atoms with Gasteiger partial charge in [-0.3, -0.25) is 4.99 Å². The molecule has 23 heavy (non-hydrogen) atoms. The van der Waals surface area contributed by atoms with Crippen LogP contribution in [-0.2, 0) is 10.0 Å². The number of aryl methyl sites for hydroxylation is 1. The van der Waals surface area contributed by atoms with Crippen LogP contribution in [0, 0.1) is 6.92 Å². The van der Waals surface area contributed by atoms with Gasteiger partial charge in [0, 0.05) is 26.2 Å². The van der Waals surface area contributed by atoms with E-state index in [4.69, 9.17) is 0 Å². The standard InChI is InChI=1S/C15H26N4O2S.HI/c1-5-13(3)19-15(16-4)17-10-11-18-22(20,21)14-8-6-12(2)7-9-14;/h6-9,13,18H,5,10-11H2,1-4H3,(H2,16,17,19);1H. The van der Waals surface area contributed by atoms with Crippen molar-refractivity contribution in [3.05, 3.63) is 29.8 Å². The largest absolute Gasteiger partial charge is 0.355 e. The number of guanidine groups is 1. The van der Waals surface area contributed by atoms with Crippen LogP contribution in [0.25, 0.3) is 0 Å². The van der Waals surface area contributed by atoms with E-state index >= 15 is 0 Å². The molecular weight excluding hydrogens is 427 g/mol. The Morgan fingerprint density at radius 2 is 1.83 bits per heavy atom. The average molecular weight is 454 g/mol. The van der Waals surface area contributed by atoms with Gasteiger partial charge in [0.2, 0.25) is 10.0 Å². The number of halogens is 1. The van der Waals surface area contributed by atoms with Crippen molar-refractivity contribution in [1.29, 1.82) is 0 Å². The van der Waals surface area contributed by atoms with Gasteiger partial charge in [0.05, 0.1) is 4.90 Å². The van der Waals surface area contributed by atoms with Gasteiger partial charge in [-0.15, -0.1) is 24.0 Å². The molecule has 0 aliphatic heterocycles. The van der Waals surface area contributed by atoms with Crippen molar-refractivity contribution in [2.24, 2.45) is 4.99 Å². The fourth-order valence-electron chi connectivity index (χ4n) is 1.70. The van der Waals surface area contributed by atoms with Crippen molar-refractivity contribution < 1.29 is 8.42 Å². The maximum atomic E-state index is 12.1. The quantitative estimate of drug-likeness (QED) is 0.254. The molecule has 0 saturated carbocycles. The normalized spacial score (nSPS) is 13.1. The Balaban J connectivity index is 0.00000484. The molecule has 1 rings (SSSR count). The van der Waals surface area contributed by atoms with Gasteiger partial charge >= 0.3 is 0 Å². The molecule has 0 bridgehead atoms. The molecule has 0 fully saturated rings. The van der Waals surface area contributed by atoms with E-state index in [0.29, 0.717) is 18.5 Å². The molecule has 0 aliphatic carbocycles. The van der Waals surface area contributed by atoms with E-state index in [1.807, 2.05) is 6.92 Å². The van der Waals surface area contributed by atoms with E-state index in [1.165, 1.54) is 0 Å². The van der Waals surface area contributed by atoms with Gasteiger partial charge in [-0.1, -0.05) is 24.6 Å². The van der Waals surface area contributed by atoms with Gasteiger partial charge in [0.1, 0.15) is 0 Å². The zero-order chi connectivity index (χ0) is 16.6. The lowest BCUT2D eigenvalue weighted by Gasteiger charge is -2.16. The van der Waals surface area contributed by atoms with Gasteiger partial charge in [0.15, 0.2) is 5.96 Å². The van der Waals surface area contributed by atoms with Crippen molar-refractivity contribution in [3.8, 4) is 0 Å². The van der Waals surface area contributed by atoms with Crippen LogP contribution in [0.1, 0.15) is 25.8 Å². The lowest BCUT2D eigenvalue weighted by Crippen LogP contribution is -2.44. The third kappa shape index (κ3) is 7.98. The highest BCUT2D eigenvalue weighted by Crippen LogP contribution is 2.09. The number of hydrogen-bond acceptors (Lipinski definition) is 3. The third-order valence-corrected chi connectivity index (χ3v) is 4.74. The molecule has 1 aromatic carbocycles. The summed E-state index contributed by atoms with van der Waals surface area (Å²) < 4.78 is 26.8. The molecule has 1 unspecified atom stereocenters. The summed E-state index contributed by atoms with van der Waals surface area (Å²) in [6, 6.07) is 7.09. The second kappa shape index (κ2) is 10.8. The maximum absolute atomic E-state index is 12.1. The van der Waals surface area contributed by atoms with E-state index < -0.39 is 10.0 Å². The van der Waals surface area contributed by atoms with Crippen molar-refractivity contribution in [2.45, 2.75) is 38.1 Å². The molecule has 0 radical (unpaired) electrons. The van der Waals surface area contributed by atoms with E-state index in [9.17, 15) is 8.42 Å². The van der Waals surface area contributed by atoms with Crippen LogP contribution in [0.2, 0.25) is 0 Å². The second-order valence-corrected chi connectivity index (χ2v) is 6.93. The third-order valence-electron chi connectivity index (χ3n) is 3.26. The van der Waals surface area contributed by atoms with E-state index in [0.717, 1.165) is 12.0 Å². The van der Waals surface area contributed by atoms with Crippen LogP contribution < -0.4 is 15.4 Å². The van der Waals surface area contributed by atoms with Gasteiger partial charge in [-0.25, -0.2) is 13.1 Å². The average Bonchev–Trinajstić information content (AvgIpc) is 2.50. The van der Waals surface area contributed by atoms with Crippen LogP contribution in [0.5, 0.6) is 0 Å². The van der Waals surface area contributed by atoms with Crippen LogP contribution in [0.4, 0.5) is 0 Å². The predicted octanol–water partition coefficient (Wildman–Crippen LogP) is 1.85. The topological polar surface area (TPSA) is 82.6 Å². The Labute approximate surface area is 156 Å². The number of nitrogens with one attached hydrogen (secondary N) is 3. The molecule has 0 heterocycles. The number of benzene rings is 1. The molecule has 1 atom stereocenters. The zero-order valence-electron chi connectivity index (χ0n) is 14.1. The summed E-state index contributed by atoms with van der Waals surface area (Å²) >= 11 is 0. The minimum absolute atomic E-state index is 0. The molecule has 0 aromatic heterocycles. The van der Waals surface area contributed by atoms with Crippen LogP contribution in [0.15, 0.2) is 34.2 Å². The molecule has 3 N–H and O–H groups in total. The van der Waals surface area contributed by atoms with Gasteiger partial charge in [-0.2, -0.15) is 0 Å². The van der Waals surface area contributed by atoms with Crippen LogP contribution in [0.3, 0.4) is 0 Å². The van der Waals surface area contributed by atoms with Crippen molar-refractivity contribution in [2.75, 3.05) is 20.1 Å². The van der Waals surface area contributed by atoms with E-state index in [2.05, 4.69) is 34.2 Å². The molecule has 1 aromatic rings. The SMILES string of the molecule is CCC(C)NC(=NC)NCCNS(=O)(=O)c1ccc(C)cc1.I. The minimum atomic E-state index is -3.46. The van der Waals surface area contributed by atoms with Crippen molar-refractivity contribution in [1.82, 2.24) is 15.4 Å². The first-order chi connectivity index (χ1) is 10.4. The summed E-state index contributed by atoms with van der Waals surface area (Å²) in [4.78, 5) is 4.37.